The summed E-state index contributed by atoms with van der Waals surface area (Å²) >= 11 is 0. The van der Waals surface area contributed by atoms with E-state index in [1.807, 2.05) is 0 Å². The van der Waals surface area contributed by atoms with Gasteiger partial charge in [-0.2, -0.15) is 0 Å². The number of esters is 1. The predicted octanol–water partition coefficient (Wildman–Crippen LogP) is 2.60. The Balaban J connectivity index is 1.85. The van der Waals surface area contributed by atoms with Crippen LogP contribution in [0.2, 0.25) is 0 Å². The zero-order valence-electron chi connectivity index (χ0n) is 11.0. The maximum atomic E-state index is 11.9. The topological polar surface area (TPSA) is 65.7 Å². The van der Waals surface area contributed by atoms with E-state index < -0.39 is 5.97 Å². The Morgan fingerprint density at radius 1 is 1.32 bits per heavy atom. The molecule has 1 aliphatic heterocycles. The van der Waals surface area contributed by atoms with Gasteiger partial charge in [-0.15, -0.1) is 0 Å². The number of furan rings is 1. The third-order valence-corrected chi connectivity index (χ3v) is 3.23. The summed E-state index contributed by atoms with van der Waals surface area (Å²) in [7, 11) is 1.27. The van der Waals surface area contributed by atoms with Crippen LogP contribution in [0.15, 0.2) is 16.5 Å². The van der Waals surface area contributed by atoms with Gasteiger partial charge >= 0.3 is 5.97 Å². The zero-order valence-corrected chi connectivity index (χ0v) is 11.0. The van der Waals surface area contributed by atoms with Gasteiger partial charge in [0.1, 0.15) is 0 Å². The van der Waals surface area contributed by atoms with Crippen molar-refractivity contribution in [3.63, 3.8) is 0 Å². The van der Waals surface area contributed by atoms with Crippen molar-refractivity contribution in [1.29, 1.82) is 0 Å². The van der Waals surface area contributed by atoms with E-state index in [2.05, 4.69) is 4.74 Å². The van der Waals surface area contributed by atoms with Gasteiger partial charge in [-0.05, 0) is 37.8 Å². The Labute approximate surface area is 111 Å². The average Bonchev–Trinajstić information content (AvgIpc) is 2.95. The normalized spacial score (nSPS) is 19.1. The lowest BCUT2D eigenvalue weighted by molar-refractivity contribution is 0.0103. The monoisotopic (exact) mass is 266 g/mol. The van der Waals surface area contributed by atoms with E-state index in [1.165, 1.54) is 19.2 Å². The smallest absolute Gasteiger partial charge is 0.373 e. The maximum Gasteiger partial charge on any atom is 0.373 e. The summed E-state index contributed by atoms with van der Waals surface area (Å²) in [5, 5.41) is 0. The second-order valence-electron chi connectivity index (χ2n) is 4.61. The zero-order chi connectivity index (χ0) is 13.7. The summed E-state index contributed by atoms with van der Waals surface area (Å²) in [6.07, 6.45) is 4.52. The number of hydrogen-bond donors (Lipinski definition) is 0. The minimum absolute atomic E-state index is 0.0553. The Hall–Kier alpha value is -1.62. The molecule has 1 aromatic heterocycles. The minimum Gasteiger partial charge on any atom is -0.463 e. The highest BCUT2D eigenvalue weighted by molar-refractivity contribution is 5.95. The lowest BCUT2D eigenvalue weighted by Crippen LogP contribution is -2.19. The molecule has 0 bridgehead atoms. The second kappa shape index (κ2) is 6.52. The molecule has 0 radical (unpaired) electrons. The SMILES string of the molecule is COC(=O)c1ccc(C(=O)CCC2CCCCO2)o1. The molecule has 19 heavy (non-hydrogen) atoms. The number of ether oxygens (including phenoxy) is 2. The molecule has 2 rings (SSSR count). The standard InChI is InChI=1S/C14H18O5/c1-17-14(16)13-8-7-12(19-13)11(15)6-5-10-4-2-3-9-18-10/h7-8,10H,2-6,9H2,1H3. The van der Waals surface area contributed by atoms with Gasteiger partial charge in [0.05, 0.1) is 13.2 Å². The summed E-state index contributed by atoms with van der Waals surface area (Å²) in [5.74, 6) is -0.421. The van der Waals surface area contributed by atoms with Crippen molar-refractivity contribution in [1.82, 2.24) is 0 Å². The van der Waals surface area contributed by atoms with Crippen LogP contribution in [0, 0.1) is 0 Å². The van der Waals surface area contributed by atoms with E-state index in [4.69, 9.17) is 9.15 Å². The van der Waals surface area contributed by atoms with Crippen LogP contribution in [0.4, 0.5) is 0 Å². The average molecular weight is 266 g/mol. The van der Waals surface area contributed by atoms with Crippen LogP contribution < -0.4 is 0 Å². The Morgan fingerprint density at radius 3 is 2.79 bits per heavy atom. The first kappa shape index (κ1) is 13.8. The quantitative estimate of drug-likeness (QED) is 0.605. The van der Waals surface area contributed by atoms with Crippen molar-refractivity contribution in [3.8, 4) is 0 Å². The van der Waals surface area contributed by atoms with Crippen LogP contribution >= 0.6 is 0 Å². The van der Waals surface area contributed by atoms with Crippen LogP contribution in [-0.4, -0.2) is 31.6 Å². The second-order valence-corrected chi connectivity index (χ2v) is 4.61. The first-order valence-electron chi connectivity index (χ1n) is 6.53. The van der Waals surface area contributed by atoms with Gasteiger partial charge in [-0.3, -0.25) is 4.79 Å². The fourth-order valence-corrected chi connectivity index (χ4v) is 2.15. The molecule has 0 spiro atoms. The number of carbonyl (C=O) groups excluding carboxylic acids is 2. The largest absolute Gasteiger partial charge is 0.463 e. The molecular weight excluding hydrogens is 248 g/mol. The van der Waals surface area contributed by atoms with Crippen LogP contribution in [0.5, 0.6) is 0 Å². The molecule has 1 saturated heterocycles. The molecule has 1 aromatic rings. The summed E-state index contributed by atoms with van der Waals surface area (Å²) in [6, 6.07) is 2.96. The first-order valence-corrected chi connectivity index (χ1v) is 6.53. The van der Waals surface area contributed by atoms with E-state index in [0.717, 1.165) is 25.9 Å². The lowest BCUT2D eigenvalue weighted by Gasteiger charge is -2.21. The van der Waals surface area contributed by atoms with E-state index >= 15 is 0 Å². The lowest BCUT2D eigenvalue weighted by atomic mass is 10.0. The van der Waals surface area contributed by atoms with Gasteiger partial charge < -0.3 is 13.9 Å². The Morgan fingerprint density at radius 2 is 2.11 bits per heavy atom. The summed E-state index contributed by atoms with van der Waals surface area (Å²) < 4.78 is 15.3. The van der Waals surface area contributed by atoms with Crippen molar-refractivity contribution in [2.45, 2.75) is 38.2 Å². The number of Topliss-reactive ketones (excluding diaryl/α,β-unsaturated/α-hetero) is 1. The van der Waals surface area contributed by atoms with Crippen molar-refractivity contribution in [3.05, 3.63) is 23.7 Å². The highest BCUT2D eigenvalue weighted by Crippen LogP contribution is 2.19. The summed E-state index contributed by atoms with van der Waals surface area (Å²) in [4.78, 5) is 23.1. The van der Waals surface area contributed by atoms with E-state index in [-0.39, 0.29) is 23.4 Å². The molecule has 0 saturated carbocycles. The number of ketones is 1. The van der Waals surface area contributed by atoms with Gasteiger partial charge in [0.2, 0.25) is 5.76 Å². The van der Waals surface area contributed by atoms with Crippen molar-refractivity contribution >= 4 is 11.8 Å². The predicted molar refractivity (Wildman–Crippen MR) is 67.2 cm³/mol. The molecule has 2 heterocycles. The first-order chi connectivity index (χ1) is 9.20. The molecule has 1 fully saturated rings. The summed E-state index contributed by atoms with van der Waals surface area (Å²) in [6.45, 7) is 0.784. The fourth-order valence-electron chi connectivity index (χ4n) is 2.15. The van der Waals surface area contributed by atoms with Crippen LogP contribution in [0.1, 0.15) is 53.2 Å². The molecule has 5 nitrogen and oxygen atoms in total. The Bertz CT molecular complexity index is 442. The summed E-state index contributed by atoms with van der Waals surface area (Å²) in [5.41, 5.74) is 0. The molecule has 0 aromatic carbocycles. The van der Waals surface area contributed by atoms with Crippen molar-refractivity contribution in [2.75, 3.05) is 13.7 Å². The minimum atomic E-state index is -0.574. The molecule has 104 valence electrons. The highest BCUT2D eigenvalue weighted by Gasteiger charge is 2.19. The van der Waals surface area contributed by atoms with Gasteiger partial charge in [0.25, 0.3) is 0 Å². The number of carbonyl (C=O) groups is 2. The number of methoxy groups -OCH3 is 1. The maximum absolute atomic E-state index is 11.9. The van der Waals surface area contributed by atoms with Crippen molar-refractivity contribution in [2.24, 2.45) is 0 Å². The molecular formula is C14H18O5. The van der Waals surface area contributed by atoms with Crippen LogP contribution in [-0.2, 0) is 9.47 Å². The number of rotatable bonds is 5. The van der Waals surface area contributed by atoms with E-state index in [9.17, 15) is 9.59 Å². The molecule has 1 unspecified atom stereocenters. The van der Waals surface area contributed by atoms with Gasteiger partial charge in [0.15, 0.2) is 11.5 Å². The third kappa shape index (κ3) is 3.67. The van der Waals surface area contributed by atoms with Crippen LogP contribution in [0.3, 0.4) is 0 Å². The third-order valence-electron chi connectivity index (χ3n) is 3.23. The molecule has 1 aliphatic rings. The molecule has 0 N–H and O–H groups in total. The van der Waals surface area contributed by atoms with Crippen molar-refractivity contribution < 1.29 is 23.5 Å². The molecule has 5 heteroatoms. The molecule has 0 amide bonds. The number of hydrogen-bond acceptors (Lipinski definition) is 5. The molecule has 0 aliphatic carbocycles. The Kier molecular flexibility index (Phi) is 4.74. The van der Waals surface area contributed by atoms with Gasteiger partial charge in [-0.1, -0.05) is 0 Å². The van der Waals surface area contributed by atoms with Gasteiger partial charge in [0, 0.05) is 13.0 Å². The van der Waals surface area contributed by atoms with E-state index in [0.29, 0.717) is 12.8 Å². The highest BCUT2D eigenvalue weighted by atomic mass is 16.5. The van der Waals surface area contributed by atoms with Crippen LogP contribution in [0.25, 0.3) is 0 Å². The van der Waals surface area contributed by atoms with Gasteiger partial charge in [-0.25, -0.2) is 4.79 Å². The van der Waals surface area contributed by atoms with E-state index in [1.54, 1.807) is 0 Å². The molecule has 1 atom stereocenters. The fraction of sp³-hybridized carbons (Fsp3) is 0.571.